The van der Waals surface area contributed by atoms with E-state index in [1.54, 1.807) is 11.0 Å². The molecule has 206 valence electrons. The Morgan fingerprint density at radius 1 is 1.21 bits per heavy atom. The lowest BCUT2D eigenvalue weighted by atomic mass is 9.91. The summed E-state index contributed by atoms with van der Waals surface area (Å²) in [5, 5.41) is 13.1. The Morgan fingerprint density at radius 3 is 2.47 bits per heavy atom. The summed E-state index contributed by atoms with van der Waals surface area (Å²) in [7, 11) is -1.77. The maximum absolute atomic E-state index is 15.3. The van der Waals surface area contributed by atoms with Crippen LogP contribution in [-0.4, -0.2) is 65.8 Å². The molecule has 4 rings (SSSR count). The van der Waals surface area contributed by atoms with E-state index in [2.05, 4.69) is 20.3 Å². The third kappa shape index (κ3) is 5.14. The number of aromatic nitrogens is 3. The van der Waals surface area contributed by atoms with E-state index in [1.165, 1.54) is 26.2 Å². The first kappa shape index (κ1) is 27.6. The smallest absolute Gasteiger partial charge is 0.348 e. The molecule has 1 aliphatic rings. The summed E-state index contributed by atoms with van der Waals surface area (Å²) in [6.07, 6.45) is 0. The average molecular weight is 556 g/mol. The number of sulfone groups is 1. The number of fused-ring (bicyclic) bond motifs is 1. The normalized spacial score (nSPS) is 16.9. The number of anilines is 2. The van der Waals surface area contributed by atoms with E-state index >= 15 is 4.39 Å². The number of pyridine rings is 1. The number of aliphatic hydroxyl groups is 1. The number of nitrogens with one attached hydrogen (secondary N) is 2. The summed E-state index contributed by atoms with van der Waals surface area (Å²) in [5.41, 5.74) is -3.80. The molecule has 1 fully saturated rings. The fraction of sp³-hybridized carbons (Fsp3) is 0.458. The van der Waals surface area contributed by atoms with E-state index in [0.717, 1.165) is 19.9 Å². The van der Waals surface area contributed by atoms with Crippen LogP contribution in [0.5, 0.6) is 5.88 Å². The van der Waals surface area contributed by atoms with Crippen molar-refractivity contribution >= 4 is 32.4 Å². The van der Waals surface area contributed by atoms with Gasteiger partial charge in [0.05, 0.1) is 35.6 Å². The van der Waals surface area contributed by atoms with Gasteiger partial charge in [0.1, 0.15) is 28.6 Å². The van der Waals surface area contributed by atoms with E-state index in [1.807, 2.05) is 0 Å². The molecule has 0 unspecified atom stereocenters. The van der Waals surface area contributed by atoms with Crippen molar-refractivity contribution in [2.45, 2.75) is 38.3 Å². The Balaban J connectivity index is 1.76. The van der Waals surface area contributed by atoms with Crippen LogP contribution < -0.4 is 20.6 Å². The molecule has 2 aromatic heterocycles. The Labute approximate surface area is 216 Å². The zero-order valence-corrected chi connectivity index (χ0v) is 22.0. The van der Waals surface area contributed by atoms with Crippen LogP contribution in [0.2, 0.25) is 0 Å². The minimum atomic E-state index is -3.88. The summed E-state index contributed by atoms with van der Waals surface area (Å²) in [4.78, 5) is 24.9. The second kappa shape index (κ2) is 9.73. The molecule has 38 heavy (non-hydrogen) atoms. The summed E-state index contributed by atoms with van der Waals surface area (Å²) < 4.78 is 74.0. The molecule has 10 nitrogen and oxygen atoms in total. The van der Waals surface area contributed by atoms with Crippen molar-refractivity contribution in [3.8, 4) is 5.88 Å². The van der Waals surface area contributed by atoms with Gasteiger partial charge in [0.15, 0.2) is 9.84 Å². The van der Waals surface area contributed by atoms with E-state index < -0.39 is 44.5 Å². The van der Waals surface area contributed by atoms with Gasteiger partial charge in [-0.15, -0.1) is 0 Å². The molecule has 3 heterocycles. The number of alkyl halides is 2. The maximum Gasteiger partial charge on any atom is 0.348 e. The minimum absolute atomic E-state index is 0.0105. The summed E-state index contributed by atoms with van der Waals surface area (Å²) in [5.74, 6) is -5.01. The number of hydrogen-bond donors (Lipinski definition) is 3. The largest absolute Gasteiger partial charge is 0.479 e. The van der Waals surface area contributed by atoms with Gasteiger partial charge in [-0.2, -0.15) is 18.7 Å². The highest BCUT2D eigenvalue weighted by Gasteiger charge is 2.49. The first-order valence-corrected chi connectivity index (χ1v) is 13.6. The molecule has 0 spiro atoms. The van der Waals surface area contributed by atoms with Crippen LogP contribution in [0.4, 0.5) is 24.7 Å². The Kier molecular flexibility index (Phi) is 7.08. The van der Waals surface area contributed by atoms with E-state index in [-0.39, 0.29) is 47.5 Å². The van der Waals surface area contributed by atoms with Crippen molar-refractivity contribution in [1.29, 1.82) is 0 Å². The molecule has 1 aliphatic heterocycles. The van der Waals surface area contributed by atoms with Gasteiger partial charge < -0.3 is 20.1 Å². The van der Waals surface area contributed by atoms with Crippen molar-refractivity contribution in [3.05, 3.63) is 51.7 Å². The van der Waals surface area contributed by atoms with Crippen molar-refractivity contribution in [2.75, 3.05) is 41.9 Å². The van der Waals surface area contributed by atoms with Crippen molar-refractivity contribution < 1.29 is 31.4 Å². The monoisotopic (exact) mass is 555 g/mol. The molecule has 1 aromatic carbocycles. The SMILES string of the molecule is COc1nc2[nH]c(=O)nc(N[C@H](C)c3cccc(C(F)(F)C(C)(C)O)c3F)c2cc1N1CCS(=O)(=O)CC1. The number of aromatic amines is 1. The van der Waals surface area contributed by atoms with E-state index in [9.17, 15) is 27.1 Å². The number of benzene rings is 1. The maximum atomic E-state index is 15.3. The van der Waals surface area contributed by atoms with Crippen LogP contribution in [0.25, 0.3) is 11.0 Å². The van der Waals surface area contributed by atoms with Crippen LogP contribution >= 0.6 is 0 Å². The molecule has 0 bridgehead atoms. The zero-order chi connectivity index (χ0) is 28.0. The molecule has 3 aromatic rings. The summed E-state index contributed by atoms with van der Waals surface area (Å²) in [6, 6.07) is 4.16. The van der Waals surface area contributed by atoms with Crippen LogP contribution in [0, 0.1) is 5.82 Å². The predicted molar refractivity (Wildman–Crippen MR) is 136 cm³/mol. The van der Waals surface area contributed by atoms with Gasteiger partial charge in [-0.25, -0.2) is 17.6 Å². The molecule has 0 aliphatic carbocycles. The van der Waals surface area contributed by atoms with Gasteiger partial charge >= 0.3 is 11.6 Å². The number of methoxy groups -OCH3 is 1. The van der Waals surface area contributed by atoms with Gasteiger partial charge in [0, 0.05) is 18.7 Å². The third-order valence-corrected chi connectivity index (χ3v) is 8.11. The van der Waals surface area contributed by atoms with Gasteiger partial charge in [-0.1, -0.05) is 12.1 Å². The first-order chi connectivity index (χ1) is 17.6. The van der Waals surface area contributed by atoms with Gasteiger partial charge in [-0.3, -0.25) is 4.98 Å². The van der Waals surface area contributed by atoms with Crippen LogP contribution in [-0.2, 0) is 15.8 Å². The quantitative estimate of drug-likeness (QED) is 0.402. The minimum Gasteiger partial charge on any atom is -0.479 e. The second-order valence-electron chi connectivity index (χ2n) is 9.65. The van der Waals surface area contributed by atoms with Crippen LogP contribution in [0.15, 0.2) is 29.1 Å². The van der Waals surface area contributed by atoms with Crippen molar-refractivity contribution in [3.63, 3.8) is 0 Å². The molecule has 0 amide bonds. The fourth-order valence-electron chi connectivity index (χ4n) is 4.23. The molecular weight excluding hydrogens is 527 g/mol. The average Bonchev–Trinajstić information content (AvgIpc) is 2.82. The number of halogens is 3. The highest BCUT2D eigenvalue weighted by Crippen LogP contribution is 2.41. The fourth-order valence-corrected chi connectivity index (χ4v) is 5.43. The Hall–Kier alpha value is -3.39. The topological polar surface area (TPSA) is 138 Å². The van der Waals surface area contributed by atoms with E-state index in [4.69, 9.17) is 4.74 Å². The first-order valence-electron chi connectivity index (χ1n) is 11.7. The van der Waals surface area contributed by atoms with Crippen molar-refractivity contribution in [1.82, 2.24) is 15.0 Å². The number of H-pyrrole nitrogens is 1. The number of ether oxygens (including phenoxy) is 1. The Bertz CT molecular complexity index is 1520. The summed E-state index contributed by atoms with van der Waals surface area (Å²) in [6.45, 7) is 3.70. The lowest BCUT2D eigenvalue weighted by molar-refractivity contribution is -0.170. The van der Waals surface area contributed by atoms with Gasteiger partial charge in [-0.05, 0) is 32.9 Å². The zero-order valence-electron chi connectivity index (χ0n) is 21.2. The summed E-state index contributed by atoms with van der Waals surface area (Å²) >= 11 is 0. The molecule has 3 N–H and O–H groups in total. The van der Waals surface area contributed by atoms with Crippen molar-refractivity contribution in [2.24, 2.45) is 0 Å². The predicted octanol–water partition coefficient (Wildman–Crippen LogP) is 2.74. The van der Waals surface area contributed by atoms with Gasteiger partial charge in [0.2, 0.25) is 5.88 Å². The number of rotatable bonds is 7. The molecule has 14 heteroatoms. The lowest BCUT2D eigenvalue weighted by Crippen LogP contribution is -2.41. The highest BCUT2D eigenvalue weighted by molar-refractivity contribution is 7.91. The standard InChI is InChI=1S/C24H28F3N5O5S/c1-13(14-6-5-7-16(18(14)25)24(26,27)23(2,3)34)28-19-15-12-17(32-8-10-38(35,36)11-9-32)21(37-4)29-20(15)31-22(33)30-19/h5-7,12-13,34H,8-11H2,1-4H3,(H2,28,29,30,31,33)/t13-/m1/s1. The van der Waals surface area contributed by atoms with E-state index in [0.29, 0.717) is 11.1 Å². The second-order valence-corrected chi connectivity index (χ2v) is 12.0. The van der Waals surface area contributed by atoms with Crippen LogP contribution in [0.3, 0.4) is 0 Å². The number of hydrogen-bond acceptors (Lipinski definition) is 9. The highest BCUT2D eigenvalue weighted by atomic mass is 32.2. The van der Waals surface area contributed by atoms with Crippen LogP contribution in [0.1, 0.15) is 37.9 Å². The lowest BCUT2D eigenvalue weighted by Gasteiger charge is -2.30. The van der Waals surface area contributed by atoms with Gasteiger partial charge in [0.25, 0.3) is 0 Å². The molecular formula is C24H28F3N5O5S. The molecule has 0 saturated carbocycles. The third-order valence-electron chi connectivity index (χ3n) is 6.50. The molecule has 0 radical (unpaired) electrons. The Morgan fingerprint density at radius 2 is 1.87 bits per heavy atom. The molecule has 1 atom stereocenters. The number of nitrogens with zero attached hydrogens (tertiary/aromatic N) is 3. The molecule has 1 saturated heterocycles.